The van der Waals surface area contributed by atoms with Gasteiger partial charge in [-0.25, -0.2) is 0 Å². The fraction of sp³-hybridized carbons (Fsp3) is 1.00. The van der Waals surface area contributed by atoms with Crippen molar-refractivity contribution in [2.24, 2.45) is 11.3 Å². The van der Waals surface area contributed by atoms with Crippen molar-refractivity contribution in [3.63, 3.8) is 0 Å². The van der Waals surface area contributed by atoms with Crippen LogP contribution in [0.2, 0.25) is 0 Å². The molecule has 0 N–H and O–H groups in total. The van der Waals surface area contributed by atoms with Crippen molar-refractivity contribution in [3.05, 3.63) is 0 Å². The second-order valence-corrected chi connectivity index (χ2v) is 5.80. The van der Waals surface area contributed by atoms with E-state index in [0.29, 0.717) is 11.5 Å². The fourth-order valence-electron chi connectivity index (χ4n) is 2.04. The van der Waals surface area contributed by atoms with Gasteiger partial charge in [0.15, 0.2) is 0 Å². The molecule has 1 atom stereocenters. The summed E-state index contributed by atoms with van der Waals surface area (Å²) in [5.74, 6) is 0.742. The highest BCUT2D eigenvalue weighted by atomic mass is 79.9. The first-order valence-corrected chi connectivity index (χ1v) is 6.88. The Kier molecular flexibility index (Phi) is 4.92. The summed E-state index contributed by atoms with van der Waals surface area (Å²) in [6.07, 6.45) is 5.66. The molecule has 1 aliphatic carbocycles. The molecule has 1 aliphatic rings. The molecule has 0 bridgehead atoms. The number of rotatable bonds is 6. The van der Waals surface area contributed by atoms with Crippen molar-refractivity contribution in [1.82, 2.24) is 0 Å². The van der Waals surface area contributed by atoms with Crippen LogP contribution in [0.1, 0.15) is 46.5 Å². The van der Waals surface area contributed by atoms with E-state index >= 15 is 0 Å². The van der Waals surface area contributed by atoms with Crippen LogP contribution in [0.3, 0.4) is 0 Å². The third-order valence-electron chi connectivity index (χ3n) is 3.18. The molecule has 0 amide bonds. The first kappa shape index (κ1) is 12.5. The third kappa shape index (κ3) is 3.54. The summed E-state index contributed by atoms with van der Waals surface area (Å²) in [5.41, 5.74) is 0.477. The van der Waals surface area contributed by atoms with E-state index in [2.05, 4.69) is 36.7 Å². The average Bonchev–Trinajstić information content (AvgIpc) is 2.01. The van der Waals surface area contributed by atoms with E-state index in [0.717, 1.165) is 17.9 Å². The summed E-state index contributed by atoms with van der Waals surface area (Å²) in [7, 11) is 0. The van der Waals surface area contributed by atoms with Gasteiger partial charge in [-0.05, 0) is 32.1 Å². The van der Waals surface area contributed by atoms with Gasteiger partial charge in [-0.1, -0.05) is 36.2 Å². The van der Waals surface area contributed by atoms with Gasteiger partial charge >= 0.3 is 0 Å². The molecule has 0 heterocycles. The molecular weight excluding hydrogens is 240 g/mol. The number of hydrogen-bond donors (Lipinski definition) is 0. The molecule has 0 aromatic carbocycles. The van der Waals surface area contributed by atoms with Crippen LogP contribution in [-0.4, -0.2) is 18.0 Å². The van der Waals surface area contributed by atoms with Crippen molar-refractivity contribution >= 4 is 15.9 Å². The summed E-state index contributed by atoms with van der Waals surface area (Å²) in [6, 6.07) is 0. The molecule has 84 valence electrons. The van der Waals surface area contributed by atoms with Gasteiger partial charge in [-0.15, -0.1) is 0 Å². The van der Waals surface area contributed by atoms with Gasteiger partial charge in [-0.3, -0.25) is 0 Å². The van der Waals surface area contributed by atoms with Crippen LogP contribution < -0.4 is 0 Å². The van der Waals surface area contributed by atoms with Gasteiger partial charge in [0.1, 0.15) is 0 Å². The minimum Gasteiger partial charge on any atom is -0.378 e. The van der Waals surface area contributed by atoms with E-state index in [-0.39, 0.29) is 0 Å². The average molecular weight is 263 g/mol. The van der Waals surface area contributed by atoms with E-state index in [1.54, 1.807) is 0 Å². The topological polar surface area (TPSA) is 9.23 Å². The Morgan fingerprint density at radius 2 is 1.93 bits per heavy atom. The van der Waals surface area contributed by atoms with Crippen LogP contribution in [0.15, 0.2) is 0 Å². The lowest BCUT2D eigenvalue weighted by molar-refractivity contribution is -0.0316. The smallest absolute Gasteiger partial charge is 0.0549 e. The van der Waals surface area contributed by atoms with Crippen molar-refractivity contribution < 1.29 is 4.74 Å². The lowest BCUT2D eigenvalue weighted by Crippen LogP contribution is -2.37. The van der Waals surface area contributed by atoms with Gasteiger partial charge in [0.25, 0.3) is 0 Å². The van der Waals surface area contributed by atoms with Crippen molar-refractivity contribution in [2.45, 2.75) is 52.6 Å². The predicted octanol–water partition coefficient (Wildman–Crippen LogP) is 4.00. The van der Waals surface area contributed by atoms with E-state index < -0.39 is 0 Å². The lowest BCUT2D eigenvalue weighted by atomic mass is 9.71. The fourth-order valence-corrected chi connectivity index (χ4v) is 2.77. The quantitative estimate of drug-likeness (QED) is 0.658. The first-order valence-electron chi connectivity index (χ1n) is 5.75. The molecular formula is C12H23BrO. The minimum absolute atomic E-state index is 0.423. The monoisotopic (exact) mass is 262 g/mol. The summed E-state index contributed by atoms with van der Waals surface area (Å²) in [4.78, 5) is 0. The molecule has 0 aromatic heterocycles. The Balaban J connectivity index is 2.18. The maximum Gasteiger partial charge on any atom is 0.0549 e. The first-order chi connectivity index (χ1) is 6.58. The highest BCUT2D eigenvalue weighted by molar-refractivity contribution is 9.09. The van der Waals surface area contributed by atoms with Crippen molar-refractivity contribution in [3.8, 4) is 0 Å². The standard InChI is InChI=1S/C12H23BrO/c1-10(2)7-11(3)14-9-12(8-13)5-4-6-12/h10-11H,4-9H2,1-3H3. The molecule has 2 heteroatoms. The van der Waals surface area contributed by atoms with Gasteiger partial charge in [0.05, 0.1) is 12.7 Å². The van der Waals surface area contributed by atoms with Crippen LogP contribution in [0.4, 0.5) is 0 Å². The second-order valence-electron chi connectivity index (χ2n) is 5.24. The second kappa shape index (κ2) is 5.50. The third-order valence-corrected chi connectivity index (χ3v) is 4.36. The Labute approximate surface area is 96.7 Å². The summed E-state index contributed by atoms with van der Waals surface area (Å²) in [6.45, 7) is 7.65. The molecule has 1 unspecified atom stereocenters. The van der Waals surface area contributed by atoms with Gasteiger partial charge in [0, 0.05) is 10.7 Å². The maximum absolute atomic E-state index is 5.92. The zero-order valence-electron chi connectivity index (χ0n) is 9.68. The van der Waals surface area contributed by atoms with Crippen LogP contribution in [0, 0.1) is 11.3 Å². The normalized spacial score (nSPS) is 22.1. The predicted molar refractivity (Wildman–Crippen MR) is 64.9 cm³/mol. The van der Waals surface area contributed by atoms with E-state index in [1.165, 1.54) is 25.7 Å². The van der Waals surface area contributed by atoms with Crippen molar-refractivity contribution in [2.75, 3.05) is 11.9 Å². The van der Waals surface area contributed by atoms with Crippen molar-refractivity contribution in [1.29, 1.82) is 0 Å². The van der Waals surface area contributed by atoms with Gasteiger partial charge in [-0.2, -0.15) is 0 Å². The zero-order valence-corrected chi connectivity index (χ0v) is 11.3. The summed E-state index contributed by atoms with van der Waals surface area (Å²) < 4.78 is 5.92. The largest absolute Gasteiger partial charge is 0.378 e. The molecule has 1 saturated carbocycles. The number of hydrogen-bond acceptors (Lipinski definition) is 1. The molecule has 0 aliphatic heterocycles. The van der Waals surface area contributed by atoms with Crippen LogP contribution in [0.25, 0.3) is 0 Å². The summed E-state index contributed by atoms with van der Waals surface area (Å²) in [5, 5.41) is 1.11. The van der Waals surface area contributed by atoms with Gasteiger partial charge in [0.2, 0.25) is 0 Å². The molecule has 14 heavy (non-hydrogen) atoms. The number of ether oxygens (including phenoxy) is 1. The molecule has 1 nitrogen and oxygen atoms in total. The lowest BCUT2D eigenvalue weighted by Gasteiger charge is -2.40. The summed E-state index contributed by atoms with van der Waals surface area (Å²) >= 11 is 3.60. The molecule has 0 radical (unpaired) electrons. The Morgan fingerprint density at radius 3 is 2.29 bits per heavy atom. The van der Waals surface area contributed by atoms with Crippen LogP contribution in [-0.2, 0) is 4.74 Å². The SMILES string of the molecule is CC(C)CC(C)OCC1(CBr)CCC1. The van der Waals surface area contributed by atoms with E-state index in [1.807, 2.05) is 0 Å². The molecule has 0 spiro atoms. The molecule has 0 aromatic rings. The Morgan fingerprint density at radius 1 is 1.29 bits per heavy atom. The highest BCUT2D eigenvalue weighted by Gasteiger charge is 2.36. The van der Waals surface area contributed by atoms with Crippen LogP contribution in [0.5, 0.6) is 0 Å². The van der Waals surface area contributed by atoms with E-state index in [9.17, 15) is 0 Å². The van der Waals surface area contributed by atoms with Gasteiger partial charge < -0.3 is 4.74 Å². The molecule has 0 saturated heterocycles. The maximum atomic E-state index is 5.92. The number of alkyl halides is 1. The van der Waals surface area contributed by atoms with Crippen LogP contribution >= 0.6 is 15.9 Å². The Hall–Kier alpha value is 0.440. The molecule has 1 fully saturated rings. The zero-order chi connectivity index (χ0) is 10.6. The minimum atomic E-state index is 0.423. The van der Waals surface area contributed by atoms with E-state index in [4.69, 9.17) is 4.74 Å². The number of halogens is 1. The highest BCUT2D eigenvalue weighted by Crippen LogP contribution is 2.42. The molecule has 1 rings (SSSR count). The Bertz CT molecular complexity index is 158.